The van der Waals surface area contributed by atoms with Gasteiger partial charge in [-0.1, -0.05) is 30.3 Å². The first-order valence-electron chi connectivity index (χ1n) is 5.84. The zero-order valence-electron chi connectivity index (χ0n) is 10.2. The van der Waals surface area contributed by atoms with E-state index in [1.807, 2.05) is 19.1 Å². The molecule has 3 nitrogen and oxygen atoms in total. The van der Waals surface area contributed by atoms with E-state index >= 15 is 0 Å². The monoisotopic (exact) mass is 227 g/mol. The predicted octanol–water partition coefficient (Wildman–Crippen LogP) is 2.83. The predicted molar refractivity (Wildman–Crippen MR) is 70.0 cm³/mol. The van der Waals surface area contributed by atoms with Gasteiger partial charge < -0.3 is 5.32 Å². The smallest absolute Gasteiger partial charge is 0.149 e. The molecule has 0 bridgehead atoms. The van der Waals surface area contributed by atoms with Gasteiger partial charge in [-0.2, -0.15) is 5.10 Å². The van der Waals surface area contributed by atoms with E-state index < -0.39 is 0 Å². The molecule has 0 spiro atoms. The van der Waals surface area contributed by atoms with Crippen LogP contribution in [0.2, 0.25) is 0 Å². The van der Waals surface area contributed by atoms with Gasteiger partial charge in [0.25, 0.3) is 0 Å². The van der Waals surface area contributed by atoms with Gasteiger partial charge in [0.2, 0.25) is 0 Å². The van der Waals surface area contributed by atoms with Crippen molar-refractivity contribution in [2.24, 2.45) is 0 Å². The third-order valence-electron chi connectivity index (χ3n) is 2.57. The molecular formula is C14H17N3. The lowest BCUT2D eigenvalue weighted by Gasteiger charge is -2.14. The number of hydrogen-bond acceptors (Lipinski definition) is 3. The molecule has 1 unspecified atom stereocenters. The Labute approximate surface area is 102 Å². The lowest BCUT2D eigenvalue weighted by atomic mass is 10.1. The van der Waals surface area contributed by atoms with Crippen LogP contribution in [-0.2, 0) is 6.42 Å². The topological polar surface area (TPSA) is 37.8 Å². The van der Waals surface area contributed by atoms with Crippen molar-refractivity contribution >= 4 is 5.82 Å². The van der Waals surface area contributed by atoms with Gasteiger partial charge in [-0.25, -0.2) is 0 Å². The zero-order chi connectivity index (χ0) is 12.1. The van der Waals surface area contributed by atoms with Crippen molar-refractivity contribution in [2.75, 3.05) is 5.32 Å². The standard InChI is InChI=1S/C14H17N3/c1-11-8-14(17-15-10-11)16-12(2)9-13-6-4-3-5-7-13/h3-8,10,12H,9H2,1-2H3,(H,16,17). The first-order valence-corrected chi connectivity index (χ1v) is 5.84. The van der Waals surface area contributed by atoms with Gasteiger partial charge in [0.1, 0.15) is 5.82 Å². The molecule has 1 heterocycles. The van der Waals surface area contributed by atoms with Gasteiger partial charge in [0.15, 0.2) is 0 Å². The number of aromatic nitrogens is 2. The number of nitrogens with zero attached hydrogens (tertiary/aromatic N) is 2. The molecular weight excluding hydrogens is 210 g/mol. The van der Waals surface area contributed by atoms with Crippen molar-refractivity contribution in [3.63, 3.8) is 0 Å². The van der Waals surface area contributed by atoms with Crippen LogP contribution in [0, 0.1) is 6.92 Å². The van der Waals surface area contributed by atoms with Crippen molar-refractivity contribution in [3.8, 4) is 0 Å². The van der Waals surface area contributed by atoms with Crippen molar-refractivity contribution < 1.29 is 0 Å². The van der Waals surface area contributed by atoms with Gasteiger partial charge >= 0.3 is 0 Å². The number of anilines is 1. The maximum Gasteiger partial charge on any atom is 0.149 e. The molecule has 0 aliphatic heterocycles. The average molecular weight is 227 g/mol. The molecule has 1 aromatic carbocycles. The molecule has 0 amide bonds. The van der Waals surface area contributed by atoms with Crippen LogP contribution in [0.15, 0.2) is 42.6 Å². The van der Waals surface area contributed by atoms with Gasteiger partial charge in [-0.05, 0) is 37.5 Å². The van der Waals surface area contributed by atoms with E-state index in [0.717, 1.165) is 17.8 Å². The second-order valence-corrected chi connectivity index (χ2v) is 4.35. The molecule has 1 aromatic heterocycles. The summed E-state index contributed by atoms with van der Waals surface area (Å²) in [5.41, 5.74) is 2.45. The maximum absolute atomic E-state index is 4.06. The molecule has 0 fully saturated rings. The van der Waals surface area contributed by atoms with Crippen LogP contribution >= 0.6 is 0 Å². The van der Waals surface area contributed by atoms with Crippen LogP contribution in [0.4, 0.5) is 5.82 Å². The van der Waals surface area contributed by atoms with E-state index in [1.54, 1.807) is 6.20 Å². The molecule has 0 aliphatic rings. The normalized spacial score (nSPS) is 12.1. The van der Waals surface area contributed by atoms with Crippen LogP contribution in [0.25, 0.3) is 0 Å². The SMILES string of the molecule is Cc1cnnc(NC(C)Cc2ccccc2)c1. The Hall–Kier alpha value is -1.90. The van der Waals surface area contributed by atoms with E-state index in [-0.39, 0.29) is 0 Å². The van der Waals surface area contributed by atoms with Crippen molar-refractivity contribution in [3.05, 3.63) is 53.7 Å². The minimum atomic E-state index is 0.341. The van der Waals surface area contributed by atoms with E-state index in [0.29, 0.717) is 6.04 Å². The molecule has 1 atom stereocenters. The minimum Gasteiger partial charge on any atom is -0.366 e. The fourth-order valence-electron chi connectivity index (χ4n) is 1.81. The summed E-state index contributed by atoms with van der Waals surface area (Å²) < 4.78 is 0. The molecule has 0 saturated heterocycles. The largest absolute Gasteiger partial charge is 0.366 e. The molecule has 0 radical (unpaired) electrons. The van der Waals surface area contributed by atoms with Gasteiger partial charge in [0, 0.05) is 6.04 Å². The quantitative estimate of drug-likeness (QED) is 0.872. The Balaban J connectivity index is 1.96. The van der Waals surface area contributed by atoms with E-state index in [4.69, 9.17) is 0 Å². The Morgan fingerprint density at radius 1 is 1.24 bits per heavy atom. The van der Waals surface area contributed by atoms with Crippen molar-refractivity contribution in [1.82, 2.24) is 10.2 Å². The lowest BCUT2D eigenvalue weighted by molar-refractivity contribution is 0.778. The summed E-state index contributed by atoms with van der Waals surface area (Å²) in [6.45, 7) is 4.17. The molecule has 0 aliphatic carbocycles. The van der Waals surface area contributed by atoms with Crippen LogP contribution in [0.1, 0.15) is 18.1 Å². The Morgan fingerprint density at radius 2 is 2.00 bits per heavy atom. The fraction of sp³-hybridized carbons (Fsp3) is 0.286. The minimum absolute atomic E-state index is 0.341. The summed E-state index contributed by atoms with van der Waals surface area (Å²) in [6.07, 6.45) is 2.74. The number of nitrogens with one attached hydrogen (secondary N) is 1. The summed E-state index contributed by atoms with van der Waals surface area (Å²) >= 11 is 0. The van der Waals surface area contributed by atoms with Crippen LogP contribution < -0.4 is 5.32 Å². The second kappa shape index (κ2) is 5.43. The third kappa shape index (κ3) is 3.55. The Bertz CT molecular complexity index is 468. The first-order chi connectivity index (χ1) is 8.24. The number of benzene rings is 1. The maximum atomic E-state index is 4.06. The number of hydrogen-bond donors (Lipinski definition) is 1. The average Bonchev–Trinajstić information content (AvgIpc) is 2.30. The molecule has 0 saturated carbocycles. The summed E-state index contributed by atoms with van der Waals surface area (Å²) in [4.78, 5) is 0. The summed E-state index contributed by atoms with van der Waals surface area (Å²) in [5, 5.41) is 11.3. The van der Waals surface area contributed by atoms with E-state index in [1.165, 1.54) is 5.56 Å². The van der Waals surface area contributed by atoms with Crippen LogP contribution in [0.5, 0.6) is 0 Å². The summed E-state index contributed by atoms with van der Waals surface area (Å²) in [5.74, 6) is 0.841. The third-order valence-corrected chi connectivity index (χ3v) is 2.57. The van der Waals surface area contributed by atoms with Gasteiger partial charge in [-0.15, -0.1) is 5.10 Å². The first kappa shape index (κ1) is 11.6. The Morgan fingerprint density at radius 3 is 2.71 bits per heavy atom. The molecule has 2 aromatic rings. The van der Waals surface area contributed by atoms with Gasteiger partial charge in [0.05, 0.1) is 6.20 Å². The highest BCUT2D eigenvalue weighted by molar-refractivity contribution is 5.36. The molecule has 1 N–H and O–H groups in total. The van der Waals surface area contributed by atoms with Crippen molar-refractivity contribution in [1.29, 1.82) is 0 Å². The fourth-order valence-corrected chi connectivity index (χ4v) is 1.81. The van der Waals surface area contributed by atoms with Gasteiger partial charge in [-0.3, -0.25) is 0 Å². The van der Waals surface area contributed by atoms with E-state index in [9.17, 15) is 0 Å². The molecule has 88 valence electrons. The number of rotatable bonds is 4. The Kier molecular flexibility index (Phi) is 3.70. The zero-order valence-corrected chi connectivity index (χ0v) is 10.2. The van der Waals surface area contributed by atoms with E-state index in [2.05, 4.69) is 46.7 Å². The molecule has 3 heteroatoms. The van der Waals surface area contributed by atoms with Crippen molar-refractivity contribution in [2.45, 2.75) is 26.3 Å². The summed E-state index contributed by atoms with van der Waals surface area (Å²) in [7, 11) is 0. The molecule has 17 heavy (non-hydrogen) atoms. The highest BCUT2D eigenvalue weighted by atomic mass is 15.2. The lowest BCUT2D eigenvalue weighted by Crippen LogP contribution is -2.19. The highest BCUT2D eigenvalue weighted by Gasteiger charge is 2.04. The second-order valence-electron chi connectivity index (χ2n) is 4.35. The highest BCUT2D eigenvalue weighted by Crippen LogP contribution is 2.09. The van der Waals surface area contributed by atoms with Crippen LogP contribution in [-0.4, -0.2) is 16.2 Å². The summed E-state index contributed by atoms with van der Waals surface area (Å²) in [6, 6.07) is 12.8. The number of aryl methyl sites for hydroxylation is 1. The molecule has 2 rings (SSSR count). The van der Waals surface area contributed by atoms with Crippen LogP contribution in [0.3, 0.4) is 0 Å².